The molecule has 0 aliphatic carbocycles. The SMILES string of the molecule is CC(=O)N(CCNC(=O)Cc1cccc(Br)c1)C(C)(C)C. The van der Waals surface area contributed by atoms with Crippen LogP contribution in [0.1, 0.15) is 33.3 Å². The Balaban J connectivity index is 2.44. The number of nitrogens with one attached hydrogen (secondary N) is 1. The number of halogens is 1. The van der Waals surface area contributed by atoms with Gasteiger partial charge in [0.2, 0.25) is 11.8 Å². The zero-order valence-electron chi connectivity index (χ0n) is 13.1. The van der Waals surface area contributed by atoms with Crippen LogP contribution in [0.15, 0.2) is 28.7 Å². The van der Waals surface area contributed by atoms with Crippen molar-refractivity contribution in [3.05, 3.63) is 34.3 Å². The van der Waals surface area contributed by atoms with Crippen molar-refractivity contribution >= 4 is 27.7 Å². The zero-order chi connectivity index (χ0) is 16.0. The summed E-state index contributed by atoms with van der Waals surface area (Å²) in [6.07, 6.45) is 0.342. The third kappa shape index (κ3) is 6.29. The Morgan fingerprint density at radius 2 is 1.95 bits per heavy atom. The molecule has 0 aliphatic rings. The highest BCUT2D eigenvalue weighted by Crippen LogP contribution is 2.13. The summed E-state index contributed by atoms with van der Waals surface area (Å²) in [6.45, 7) is 8.48. The van der Waals surface area contributed by atoms with Crippen LogP contribution in [0.2, 0.25) is 0 Å². The highest BCUT2D eigenvalue weighted by Gasteiger charge is 2.23. The molecule has 0 heterocycles. The maximum Gasteiger partial charge on any atom is 0.224 e. The van der Waals surface area contributed by atoms with Gasteiger partial charge in [-0.2, -0.15) is 0 Å². The van der Waals surface area contributed by atoms with Gasteiger partial charge in [-0.3, -0.25) is 9.59 Å². The van der Waals surface area contributed by atoms with E-state index in [9.17, 15) is 9.59 Å². The predicted molar refractivity (Wildman–Crippen MR) is 88.0 cm³/mol. The fourth-order valence-electron chi connectivity index (χ4n) is 2.17. The van der Waals surface area contributed by atoms with Crippen LogP contribution in [-0.2, 0) is 16.0 Å². The van der Waals surface area contributed by atoms with Crippen molar-refractivity contribution in [2.75, 3.05) is 13.1 Å². The lowest BCUT2D eigenvalue weighted by Gasteiger charge is -2.35. The lowest BCUT2D eigenvalue weighted by molar-refractivity contribution is -0.134. The Labute approximate surface area is 135 Å². The van der Waals surface area contributed by atoms with Gasteiger partial charge >= 0.3 is 0 Å². The predicted octanol–water partition coefficient (Wildman–Crippen LogP) is 2.75. The molecule has 0 fully saturated rings. The average Bonchev–Trinajstić information content (AvgIpc) is 2.32. The summed E-state index contributed by atoms with van der Waals surface area (Å²) in [6, 6.07) is 7.68. The van der Waals surface area contributed by atoms with Crippen molar-refractivity contribution < 1.29 is 9.59 Å². The summed E-state index contributed by atoms with van der Waals surface area (Å²) in [5, 5.41) is 2.86. The number of carbonyl (C=O) groups excluding carboxylic acids is 2. The van der Waals surface area contributed by atoms with E-state index in [1.54, 1.807) is 11.8 Å². The molecule has 21 heavy (non-hydrogen) atoms. The molecule has 0 aliphatic heterocycles. The molecule has 1 N–H and O–H groups in total. The molecule has 0 saturated carbocycles. The molecule has 1 aromatic rings. The van der Waals surface area contributed by atoms with E-state index in [4.69, 9.17) is 0 Å². The lowest BCUT2D eigenvalue weighted by atomic mass is 10.1. The smallest absolute Gasteiger partial charge is 0.224 e. The Kier molecular flexibility index (Phi) is 6.40. The molecule has 0 bridgehead atoms. The van der Waals surface area contributed by atoms with E-state index in [1.165, 1.54) is 0 Å². The van der Waals surface area contributed by atoms with Crippen LogP contribution in [0, 0.1) is 0 Å². The summed E-state index contributed by atoms with van der Waals surface area (Å²) in [7, 11) is 0. The number of nitrogens with zero attached hydrogens (tertiary/aromatic N) is 1. The van der Waals surface area contributed by atoms with E-state index < -0.39 is 0 Å². The van der Waals surface area contributed by atoms with Crippen LogP contribution in [-0.4, -0.2) is 35.3 Å². The molecule has 0 unspecified atom stereocenters. The fraction of sp³-hybridized carbons (Fsp3) is 0.500. The van der Waals surface area contributed by atoms with Gasteiger partial charge < -0.3 is 10.2 Å². The number of carbonyl (C=O) groups is 2. The quantitative estimate of drug-likeness (QED) is 0.883. The molecule has 116 valence electrons. The van der Waals surface area contributed by atoms with Gasteiger partial charge in [0.25, 0.3) is 0 Å². The Bertz CT molecular complexity index is 509. The normalized spacial score (nSPS) is 11.1. The third-order valence-electron chi connectivity index (χ3n) is 3.10. The number of amides is 2. The first-order valence-electron chi connectivity index (χ1n) is 6.99. The van der Waals surface area contributed by atoms with Crippen molar-refractivity contribution in [3.63, 3.8) is 0 Å². The molecular weight excluding hydrogens is 332 g/mol. The monoisotopic (exact) mass is 354 g/mol. The van der Waals surface area contributed by atoms with Crippen molar-refractivity contribution in [2.24, 2.45) is 0 Å². The number of rotatable bonds is 5. The molecule has 0 radical (unpaired) electrons. The highest BCUT2D eigenvalue weighted by molar-refractivity contribution is 9.10. The summed E-state index contributed by atoms with van der Waals surface area (Å²) in [5.74, 6) is -0.0192. The number of benzene rings is 1. The molecule has 1 aromatic carbocycles. The van der Waals surface area contributed by atoms with E-state index in [0.717, 1.165) is 10.0 Å². The minimum Gasteiger partial charge on any atom is -0.354 e. The Morgan fingerprint density at radius 3 is 2.48 bits per heavy atom. The number of hydrogen-bond acceptors (Lipinski definition) is 2. The summed E-state index contributed by atoms with van der Waals surface area (Å²) >= 11 is 3.39. The van der Waals surface area contributed by atoms with E-state index in [0.29, 0.717) is 19.5 Å². The first-order valence-corrected chi connectivity index (χ1v) is 7.79. The largest absolute Gasteiger partial charge is 0.354 e. The third-order valence-corrected chi connectivity index (χ3v) is 3.59. The average molecular weight is 355 g/mol. The van der Waals surface area contributed by atoms with Crippen LogP contribution in [0.5, 0.6) is 0 Å². The lowest BCUT2D eigenvalue weighted by Crippen LogP contribution is -2.48. The van der Waals surface area contributed by atoms with Crippen LogP contribution in [0.4, 0.5) is 0 Å². The van der Waals surface area contributed by atoms with Gasteiger partial charge in [0, 0.05) is 30.0 Å². The second kappa shape index (κ2) is 7.59. The van der Waals surface area contributed by atoms with Crippen LogP contribution >= 0.6 is 15.9 Å². The first kappa shape index (κ1) is 17.7. The molecule has 0 saturated heterocycles. The topological polar surface area (TPSA) is 49.4 Å². The first-order chi connectivity index (χ1) is 9.70. The Morgan fingerprint density at radius 1 is 1.29 bits per heavy atom. The maximum absolute atomic E-state index is 11.9. The molecule has 2 amide bonds. The van der Waals surface area contributed by atoms with Gasteiger partial charge in [-0.25, -0.2) is 0 Å². The molecule has 5 heteroatoms. The summed E-state index contributed by atoms with van der Waals surface area (Å²) < 4.78 is 0.961. The maximum atomic E-state index is 11.9. The van der Waals surface area contributed by atoms with Gasteiger partial charge in [-0.1, -0.05) is 28.1 Å². The minimum atomic E-state index is -0.235. The second-order valence-electron chi connectivity index (χ2n) is 6.00. The van der Waals surface area contributed by atoms with Crippen LogP contribution in [0.3, 0.4) is 0 Å². The summed E-state index contributed by atoms with van der Waals surface area (Å²) in [4.78, 5) is 25.3. The van der Waals surface area contributed by atoms with Gasteiger partial charge in [0.1, 0.15) is 0 Å². The van der Waals surface area contributed by atoms with Gasteiger partial charge in [-0.15, -0.1) is 0 Å². The van der Waals surface area contributed by atoms with Crippen LogP contribution in [0.25, 0.3) is 0 Å². The zero-order valence-corrected chi connectivity index (χ0v) is 14.7. The Hall–Kier alpha value is -1.36. The van der Waals surface area contributed by atoms with E-state index >= 15 is 0 Å². The van der Waals surface area contributed by atoms with Gasteiger partial charge in [0.05, 0.1) is 6.42 Å². The van der Waals surface area contributed by atoms with Crippen LogP contribution < -0.4 is 5.32 Å². The second-order valence-corrected chi connectivity index (χ2v) is 6.91. The highest BCUT2D eigenvalue weighted by atomic mass is 79.9. The molecular formula is C16H23BrN2O2. The van der Waals surface area contributed by atoms with Crippen molar-refractivity contribution in [3.8, 4) is 0 Å². The van der Waals surface area contributed by atoms with E-state index in [-0.39, 0.29) is 17.4 Å². The minimum absolute atomic E-state index is 0.0174. The van der Waals surface area contributed by atoms with Crippen molar-refractivity contribution in [1.82, 2.24) is 10.2 Å². The summed E-state index contributed by atoms with van der Waals surface area (Å²) in [5.41, 5.74) is 0.724. The fourth-order valence-corrected chi connectivity index (χ4v) is 2.61. The molecule has 0 aromatic heterocycles. The molecule has 1 rings (SSSR count). The molecule has 0 atom stereocenters. The van der Waals surface area contributed by atoms with E-state index in [1.807, 2.05) is 45.0 Å². The van der Waals surface area contributed by atoms with Gasteiger partial charge in [0.15, 0.2) is 0 Å². The number of hydrogen-bond donors (Lipinski definition) is 1. The molecule has 4 nitrogen and oxygen atoms in total. The van der Waals surface area contributed by atoms with Gasteiger partial charge in [-0.05, 0) is 38.5 Å². The van der Waals surface area contributed by atoms with Crippen molar-refractivity contribution in [2.45, 2.75) is 39.7 Å². The standard InChI is InChI=1S/C16H23BrN2O2/c1-12(20)19(16(2,3)4)9-8-18-15(21)11-13-6-5-7-14(17)10-13/h5-7,10H,8-9,11H2,1-4H3,(H,18,21). The van der Waals surface area contributed by atoms with Crippen molar-refractivity contribution in [1.29, 1.82) is 0 Å². The van der Waals surface area contributed by atoms with E-state index in [2.05, 4.69) is 21.2 Å². The molecule has 0 spiro atoms.